The molecule has 1 aromatic carbocycles. The first kappa shape index (κ1) is 17.0. The number of benzene rings is 1. The van der Waals surface area contributed by atoms with Crippen molar-refractivity contribution in [3.05, 3.63) is 40.5 Å². The zero-order valence-electron chi connectivity index (χ0n) is 14.0. The van der Waals surface area contributed by atoms with Crippen molar-refractivity contribution in [2.45, 2.75) is 31.9 Å². The quantitative estimate of drug-likeness (QED) is 0.771. The molecule has 0 atom stereocenters. The molecule has 0 aliphatic heterocycles. The van der Waals surface area contributed by atoms with Gasteiger partial charge in [0.1, 0.15) is 5.02 Å². The molecule has 2 aromatic heterocycles. The number of nitrogens with one attached hydrogen (secondary N) is 1. The molecule has 3 rings (SSSR count). The van der Waals surface area contributed by atoms with Crippen molar-refractivity contribution in [2.75, 3.05) is 6.26 Å². The maximum Gasteiger partial charge on any atom is 0.194 e. The van der Waals surface area contributed by atoms with Crippen molar-refractivity contribution in [3.63, 3.8) is 0 Å². The number of hydrogen-bond acceptors (Lipinski definition) is 4. The van der Waals surface area contributed by atoms with Crippen LogP contribution in [-0.2, 0) is 21.0 Å². The SMILES string of the molecule is CC(C)(C)c1[nH]n2nc(-c3cccc(CS(C)(=O)=O)c3)nc2c1Cl. The Bertz CT molecular complexity index is 1010. The van der Waals surface area contributed by atoms with Crippen LogP contribution in [0.4, 0.5) is 0 Å². The van der Waals surface area contributed by atoms with Gasteiger partial charge >= 0.3 is 0 Å². The fourth-order valence-corrected chi connectivity index (χ4v) is 3.75. The molecule has 0 fully saturated rings. The van der Waals surface area contributed by atoms with Crippen molar-refractivity contribution in [1.82, 2.24) is 19.8 Å². The monoisotopic (exact) mass is 366 g/mol. The van der Waals surface area contributed by atoms with Gasteiger partial charge in [-0.1, -0.05) is 50.6 Å². The third kappa shape index (κ3) is 3.32. The number of nitrogens with zero attached hydrogens (tertiary/aromatic N) is 3. The largest absolute Gasteiger partial charge is 0.278 e. The molecule has 0 saturated heterocycles. The summed E-state index contributed by atoms with van der Waals surface area (Å²) in [4.78, 5) is 4.49. The highest BCUT2D eigenvalue weighted by atomic mass is 35.5. The fraction of sp³-hybridized carbons (Fsp3) is 0.375. The number of H-pyrrole nitrogens is 1. The summed E-state index contributed by atoms with van der Waals surface area (Å²) in [5.41, 5.74) is 2.74. The van der Waals surface area contributed by atoms with E-state index in [2.05, 4.69) is 36.0 Å². The molecule has 24 heavy (non-hydrogen) atoms. The van der Waals surface area contributed by atoms with Crippen molar-refractivity contribution in [1.29, 1.82) is 0 Å². The van der Waals surface area contributed by atoms with E-state index >= 15 is 0 Å². The first-order valence-corrected chi connectivity index (χ1v) is 9.90. The molecule has 0 spiro atoms. The molecule has 0 aliphatic carbocycles. The van der Waals surface area contributed by atoms with Gasteiger partial charge in [-0.25, -0.2) is 13.4 Å². The number of fused-ring (bicyclic) bond motifs is 1. The average molecular weight is 367 g/mol. The summed E-state index contributed by atoms with van der Waals surface area (Å²) in [5.74, 6) is 0.487. The second-order valence-electron chi connectivity index (χ2n) is 6.99. The number of hydrogen-bond donors (Lipinski definition) is 1. The van der Waals surface area contributed by atoms with Gasteiger partial charge < -0.3 is 0 Å². The lowest BCUT2D eigenvalue weighted by atomic mass is 9.92. The van der Waals surface area contributed by atoms with E-state index in [0.29, 0.717) is 22.1 Å². The summed E-state index contributed by atoms with van der Waals surface area (Å²) >= 11 is 6.43. The Labute approximate surface area is 145 Å². The normalized spacial score (nSPS) is 12.9. The molecular weight excluding hydrogens is 348 g/mol. The van der Waals surface area contributed by atoms with Gasteiger partial charge in [-0.15, -0.1) is 5.10 Å². The molecular formula is C16H19ClN4O2S. The molecule has 3 aromatic rings. The molecule has 2 heterocycles. The Balaban J connectivity index is 2.03. The molecule has 0 aliphatic rings. The van der Waals surface area contributed by atoms with Crippen LogP contribution in [0.5, 0.6) is 0 Å². The molecule has 8 heteroatoms. The molecule has 0 saturated carbocycles. The first-order chi connectivity index (χ1) is 11.0. The van der Waals surface area contributed by atoms with Gasteiger partial charge in [0.05, 0.1) is 11.4 Å². The Hall–Kier alpha value is -1.86. The highest BCUT2D eigenvalue weighted by Crippen LogP contribution is 2.31. The lowest BCUT2D eigenvalue weighted by Crippen LogP contribution is -2.13. The maximum absolute atomic E-state index is 11.5. The van der Waals surface area contributed by atoms with Gasteiger partial charge in [-0.3, -0.25) is 5.10 Å². The van der Waals surface area contributed by atoms with Gasteiger partial charge in [0.2, 0.25) is 0 Å². The average Bonchev–Trinajstić information content (AvgIpc) is 2.97. The van der Waals surface area contributed by atoms with Crippen LogP contribution in [-0.4, -0.2) is 34.5 Å². The van der Waals surface area contributed by atoms with Crippen molar-refractivity contribution < 1.29 is 8.42 Å². The van der Waals surface area contributed by atoms with Gasteiger partial charge in [-0.05, 0) is 11.6 Å². The molecule has 0 radical (unpaired) electrons. The minimum absolute atomic E-state index is 0.0124. The van der Waals surface area contributed by atoms with Gasteiger partial charge in [0.15, 0.2) is 21.3 Å². The van der Waals surface area contributed by atoms with E-state index in [1.807, 2.05) is 6.07 Å². The zero-order chi connectivity index (χ0) is 17.7. The second kappa shape index (κ2) is 5.60. The topological polar surface area (TPSA) is 80.1 Å². The predicted molar refractivity (Wildman–Crippen MR) is 95.0 cm³/mol. The highest BCUT2D eigenvalue weighted by molar-refractivity contribution is 7.89. The van der Waals surface area contributed by atoms with Gasteiger partial charge in [0.25, 0.3) is 0 Å². The molecule has 128 valence electrons. The van der Waals surface area contributed by atoms with E-state index in [1.54, 1.807) is 22.8 Å². The molecule has 0 amide bonds. The van der Waals surface area contributed by atoms with Crippen molar-refractivity contribution in [3.8, 4) is 11.4 Å². The smallest absolute Gasteiger partial charge is 0.194 e. The van der Waals surface area contributed by atoms with Crippen LogP contribution in [0.25, 0.3) is 17.0 Å². The summed E-state index contributed by atoms with van der Waals surface area (Å²) in [6.45, 7) is 6.17. The number of sulfone groups is 1. The number of aromatic amines is 1. The molecule has 0 unspecified atom stereocenters. The summed E-state index contributed by atoms with van der Waals surface area (Å²) in [6.07, 6.45) is 1.21. The van der Waals surface area contributed by atoms with E-state index in [4.69, 9.17) is 11.6 Å². The van der Waals surface area contributed by atoms with Gasteiger partial charge in [0, 0.05) is 17.2 Å². The fourth-order valence-electron chi connectivity index (χ4n) is 2.52. The van der Waals surface area contributed by atoms with Gasteiger partial charge in [-0.2, -0.15) is 4.63 Å². The van der Waals surface area contributed by atoms with Crippen LogP contribution in [0, 0.1) is 0 Å². The van der Waals surface area contributed by atoms with Crippen LogP contribution in [0.2, 0.25) is 5.02 Å². The van der Waals surface area contributed by atoms with E-state index < -0.39 is 9.84 Å². The van der Waals surface area contributed by atoms with Crippen molar-refractivity contribution in [2.24, 2.45) is 0 Å². The molecule has 1 N–H and O–H groups in total. The second-order valence-corrected chi connectivity index (χ2v) is 9.51. The third-order valence-corrected chi connectivity index (χ3v) is 4.82. The third-order valence-electron chi connectivity index (χ3n) is 3.60. The first-order valence-electron chi connectivity index (χ1n) is 7.46. The standard InChI is InChI=1S/C16H19ClN4O2S/c1-16(2,3)13-12(17)15-18-14(20-21(15)19-13)11-7-5-6-10(8-11)9-24(4,22)23/h5-8,19H,9H2,1-4H3. The Kier molecular flexibility index (Phi) is 3.96. The lowest BCUT2D eigenvalue weighted by molar-refractivity contribution is 0.557. The summed E-state index contributed by atoms with van der Waals surface area (Å²) in [5, 5.41) is 8.14. The molecule has 0 bridgehead atoms. The van der Waals surface area contributed by atoms with Crippen LogP contribution in [0.3, 0.4) is 0 Å². The van der Waals surface area contributed by atoms with Crippen LogP contribution < -0.4 is 0 Å². The lowest BCUT2D eigenvalue weighted by Gasteiger charge is -2.16. The minimum atomic E-state index is -3.09. The summed E-state index contributed by atoms with van der Waals surface area (Å²) in [6, 6.07) is 7.21. The minimum Gasteiger partial charge on any atom is -0.278 e. The van der Waals surface area contributed by atoms with Crippen LogP contribution in [0.1, 0.15) is 32.0 Å². The predicted octanol–water partition coefficient (Wildman–Crippen LogP) is 3.22. The maximum atomic E-state index is 11.5. The highest BCUT2D eigenvalue weighted by Gasteiger charge is 2.24. The number of halogens is 1. The summed E-state index contributed by atoms with van der Waals surface area (Å²) in [7, 11) is -3.09. The Morgan fingerprint density at radius 3 is 2.58 bits per heavy atom. The van der Waals surface area contributed by atoms with E-state index in [1.165, 1.54) is 6.26 Å². The Morgan fingerprint density at radius 2 is 2.00 bits per heavy atom. The Morgan fingerprint density at radius 1 is 1.29 bits per heavy atom. The van der Waals surface area contributed by atoms with E-state index in [0.717, 1.165) is 11.3 Å². The van der Waals surface area contributed by atoms with E-state index in [-0.39, 0.29) is 11.2 Å². The zero-order valence-corrected chi connectivity index (χ0v) is 15.5. The van der Waals surface area contributed by atoms with E-state index in [9.17, 15) is 8.42 Å². The number of rotatable bonds is 3. The summed E-state index contributed by atoms with van der Waals surface area (Å²) < 4.78 is 24.5. The van der Waals surface area contributed by atoms with Crippen molar-refractivity contribution >= 4 is 27.1 Å². The molecule has 6 nitrogen and oxygen atoms in total. The van der Waals surface area contributed by atoms with Crippen LogP contribution in [0.15, 0.2) is 24.3 Å². The number of aromatic nitrogens is 4. The van der Waals surface area contributed by atoms with Crippen LogP contribution >= 0.6 is 11.6 Å².